The van der Waals surface area contributed by atoms with E-state index in [9.17, 15) is 4.79 Å². The molecular formula is C20H23NO4. The first-order chi connectivity index (χ1) is 12.2. The van der Waals surface area contributed by atoms with Gasteiger partial charge in [-0.05, 0) is 44.0 Å². The van der Waals surface area contributed by atoms with E-state index in [0.29, 0.717) is 23.8 Å². The monoisotopic (exact) mass is 341 g/mol. The molecule has 1 N–H and O–H groups in total. The SMILES string of the molecule is C[C@H](Oc1ccccc1)C(=O)Nc1cccc(OC[C@@H]2CCCO2)c1. The van der Waals surface area contributed by atoms with Crippen molar-refractivity contribution in [2.24, 2.45) is 0 Å². The maximum atomic E-state index is 12.3. The summed E-state index contributed by atoms with van der Waals surface area (Å²) < 4.78 is 16.9. The minimum absolute atomic E-state index is 0.164. The lowest BCUT2D eigenvalue weighted by Gasteiger charge is -2.15. The summed E-state index contributed by atoms with van der Waals surface area (Å²) in [5.74, 6) is 1.17. The van der Waals surface area contributed by atoms with Crippen LogP contribution in [-0.4, -0.2) is 31.3 Å². The van der Waals surface area contributed by atoms with Gasteiger partial charge in [0.25, 0.3) is 5.91 Å². The molecule has 1 saturated heterocycles. The molecule has 3 rings (SSSR count). The molecule has 5 heteroatoms. The molecule has 25 heavy (non-hydrogen) atoms. The summed E-state index contributed by atoms with van der Waals surface area (Å²) in [6.45, 7) is 3.06. The van der Waals surface area contributed by atoms with Crippen LogP contribution in [0.15, 0.2) is 54.6 Å². The van der Waals surface area contributed by atoms with Gasteiger partial charge in [0, 0.05) is 18.4 Å². The normalized spacial score (nSPS) is 17.7. The first kappa shape index (κ1) is 17.3. The second-order valence-corrected chi connectivity index (χ2v) is 6.04. The molecular weight excluding hydrogens is 318 g/mol. The summed E-state index contributed by atoms with van der Waals surface area (Å²) in [5, 5.41) is 2.86. The Bertz CT molecular complexity index is 683. The van der Waals surface area contributed by atoms with Gasteiger partial charge in [-0.25, -0.2) is 0 Å². The van der Waals surface area contributed by atoms with Crippen LogP contribution < -0.4 is 14.8 Å². The van der Waals surface area contributed by atoms with Gasteiger partial charge in [-0.1, -0.05) is 24.3 Å². The van der Waals surface area contributed by atoms with Crippen molar-refractivity contribution < 1.29 is 19.0 Å². The minimum Gasteiger partial charge on any atom is -0.491 e. The maximum Gasteiger partial charge on any atom is 0.265 e. The molecule has 0 spiro atoms. The summed E-state index contributed by atoms with van der Waals surface area (Å²) >= 11 is 0. The van der Waals surface area contributed by atoms with E-state index in [1.807, 2.05) is 54.6 Å². The summed E-state index contributed by atoms with van der Waals surface area (Å²) in [5.41, 5.74) is 0.679. The number of anilines is 1. The van der Waals surface area contributed by atoms with Crippen LogP contribution in [0.2, 0.25) is 0 Å². The zero-order valence-corrected chi connectivity index (χ0v) is 14.3. The van der Waals surface area contributed by atoms with Crippen molar-refractivity contribution in [1.29, 1.82) is 0 Å². The molecule has 0 aliphatic carbocycles. The fourth-order valence-electron chi connectivity index (χ4n) is 2.63. The Morgan fingerprint density at radius 2 is 2.00 bits per heavy atom. The Hall–Kier alpha value is -2.53. The first-order valence-corrected chi connectivity index (χ1v) is 8.58. The van der Waals surface area contributed by atoms with Gasteiger partial charge in [-0.3, -0.25) is 4.79 Å². The number of benzene rings is 2. The van der Waals surface area contributed by atoms with Crippen LogP contribution in [0.25, 0.3) is 0 Å². The van der Waals surface area contributed by atoms with E-state index in [1.165, 1.54) is 0 Å². The first-order valence-electron chi connectivity index (χ1n) is 8.58. The molecule has 1 aliphatic heterocycles. The van der Waals surface area contributed by atoms with Crippen molar-refractivity contribution in [3.63, 3.8) is 0 Å². The highest BCUT2D eigenvalue weighted by molar-refractivity contribution is 5.94. The van der Waals surface area contributed by atoms with Crippen molar-refractivity contribution in [2.45, 2.75) is 32.0 Å². The van der Waals surface area contributed by atoms with Crippen molar-refractivity contribution in [3.8, 4) is 11.5 Å². The van der Waals surface area contributed by atoms with E-state index in [4.69, 9.17) is 14.2 Å². The number of ether oxygens (including phenoxy) is 3. The number of rotatable bonds is 7. The number of carbonyl (C=O) groups is 1. The molecule has 0 unspecified atom stereocenters. The molecule has 132 valence electrons. The van der Waals surface area contributed by atoms with Crippen molar-refractivity contribution in [1.82, 2.24) is 0 Å². The summed E-state index contributed by atoms with van der Waals surface area (Å²) in [6, 6.07) is 16.6. The molecule has 0 saturated carbocycles. The zero-order chi connectivity index (χ0) is 17.5. The van der Waals surface area contributed by atoms with Crippen molar-refractivity contribution in [2.75, 3.05) is 18.5 Å². The van der Waals surface area contributed by atoms with E-state index in [1.54, 1.807) is 6.92 Å². The number of carbonyl (C=O) groups excluding carboxylic acids is 1. The maximum absolute atomic E-state index is 12.3. The molecule has 2 aromatic rings. The minimum atomic E-state index is -0.598. The van der Waals surface area contributed by atoms with E-state index in [2.05, 4.69) is 5.32 Å². The van der Waals surface area contributed by atoms with E-state index >= 15 is 0 Å². The molecule has 1 fully saturated rings. The topological polar surface area (TPSA) is 56.8 Å². The molecule has 1 heterocycles. The van der Waals surface area contributed by atoms with Gasteiger partial charge in [-0.2, -0.15) is 0 Å². The van der Waals surface area contributed by atoms with Gasteiger partial charge in [0.2, 0.25) is 0 Å². The van der Waals surface area contributed by atoms with Crippen LogP contribution in [0.3, 0.4) is 0 Å². The number of para-hydroxylation sites is 1. The standard InChI is InChI=1S/C20H23NO4/c1-15(25-17-8-3-2-4-9-17)20(22)21-16-7-5-10-18(13-16)24-14-19-11-6-12-23-19/h2-5,7-10,13,15,19H,6,11-12,14H2,1H3,(H,21,22)/t15-,19-/m0/s1. The van der Waals surface area contributed by atoms with Crippen LogP contribution in [-0.2, 0) is 9.53 Å². The molecule has 1 aliphatic rings. The van der Waals surface area contributed by atoms with Gasteiger partial charge in [0.1, 0.15) is 18.1 Å². The molecule has 5 nitrogen and oxygen atoms in total. The molecule has 2 aromatic carbocycles. The van der Waals surface area contributed by atoms with Gasteiger partial charge in [0.15, 0.2) is 6.10 Å². The van der Waals surface area contributed by atoms with Gasteiger partial charge >= 0.3 is 0 Å². The fourth-order valence-corrected chi connectivity index (χ4v) is 2.63. The molecule has 0 bridgehead atoms. The van der Waals surface area contributed by atoms with Crippen LogP contribution >= 0.6 is 0 Å². The van der Waals surface area contributed by atoms with E-state index < -0.39 is 6.10 Å². The Balaban J connectivity index is 1.52. The number of nitrogens with one attached hydrogen (secondary N) is 1. The van der Waals surface area contributed by atoms with Crippen molar-refractivity contribution in [3.05, 3.63) is 54.6 Å². The highest BCUT2D eigenvalue weighted by atomic mass is 16.5. The van der Waals surface area contributed by atoms with Gasteiger partial charge in [-0.15, -0.1) is 0 Å². The predicted octanol–water partition coefficient (Wildman–Crippen LogP) is 3.65. The predicted molar refractivity (Wildman–Crippen MR) is 96.1 cm³/mol. The number of hydrogen-bond donors (Lipinski definition) is 1. The van der Waals surface area contributed by atoms with Gasteiger partial charge in [0.05, 0.1) is 6.10 Å². The third kappa shape index (κ3) is 5.22. The zero-order valence-electron chi connectivity index (χ0n) is 14.3. The highest BCUT2D eigenvalue weighted by Crippen LogP contribution is 2.20. The lowest BCUT2D eigenvalue weighted by atomic mass is 10.2. The third-order valence-electron chi connectivity index (χ3n) is 3.99. The summed E-state index contributed by atoms with van der Waals surface area (Å²) in [4.78, 5) is 12.3. The lowest BCUT2D eigenvalue weighted by molar-refractivity contribution is -0.122. The van der Waals surface area contributed by atoms with Crippen LogP contribution in [0, 0.1) is 0 Å². The highest BCUT2D eigenvalue weighted by Gasteiger charge is 2.17. The fraction of sp³-hybridized carbons (Fsp3) is 0.350. The smallest absolute Gasteiger partial charge is 0.265 e. The lowest BCUT2D eigenvalue weighted by Crippen LogP contribution is -2.30. The van der Waals surface area contributed by atoms with Crippen LogP contribution in [0.4, 0.5) is 5.69 Å². The molecule has 2 atom stereocenters. The summed E-state index contributed by atoms with van der Waals surface area (Å²) in [7, 11) is 0. The molecule has 0 radical (unpaired) electrons. The Labute approximate surface area is 147 Å². The van der Waals surface area contributed by atoms with Gasteiger partial charge < -0.3 is 19.5 Å². The third-order valence-corrected chi connectivity index (χ3v) is 3.99. The number of amides is 1. The quantitative estimate of drug-likeness (QED) is 0.835. The Morgan fingerprint density at radius 3 is 2.76 bits per heavy atom. The second-order valence-electron chi connectivity index (χ2n) is 6.04. The Kier molecular flexibility index (Phi) is 5.90. The second kappa shape index (κ2) is 8.53. The molecule has 0 aromatic heterocycles. The largest absolute Gasteiger partial charge is 0.491 e. The van der Waals surface area contributed by atoms with Crippen LogP contribution in [0.5, 0.6) is 11.5 Å². The van der Waals surface area contributed by atoms with E-state index in [-0.39, 0.29) is 12.0 Å². The Morgan fingerprint density at radius 1 is 1.20 bits per heavy atom. The number of hydrogen-bond acceptors (Lipinski definition) is 4. The van der Waals surface area contributed by atoms with Crippen molar-refractivity contribution >= 4 is 11.6 Å². The van der Waals surface area contributed by atoms with Crippen LogP contribution in [0.1, 0.15) is 19.8 Å². The molecule has 1 amide bonds. The summed E-state index contributed by atoms with van der Waals surface area (Å²) in [6.07, 6.45) is 1.69. The van der Waals surface area contributed by atoms with E-state index in [0.717, 1.165) is 19.4 Å². The average molecular weight is 341 g/mol. The average Bonchev–Trinajstić information content (AvgIpc) is 3.15.